The lowest BCUT2D eigenvalue weighted by atomic mass is 10.00. The zero-order chi connectivity index (χ0) is 19.4. The second kappa shape index (κ2) is 8.23. The second-order valence-corrected chi connectivity index (χ2v) is 8.98. The van der Waals surface area contributed by atoms with Crippen molar-refractivity contribution in [2.75, 3.05) is 19.3 Å². The summed E-state index contributed by atoms with van der Waals surface area (Å²) in [6.45, 7) is 3.33. The Morgan fingerprint density at radius 1 is 1.07 bits per heavy atom. The fraction of sp³-hybridized carbons (Fsp3) is 0.381. The molecule has 1 aliphatic rings. The lowest BCUT2D eigenvalue weighted by molar-refractivity contribution is -0.132. The van der Waals surface area contributed by atoms with Crippen molar-refractivity contribution in [3.63, 3.8) is 0 Å². The van der Waals surface area contributed by atoms with Crippen molar-refractivity contribution in [3.05, 3.63) is 71.3 Å². The largest absolute Gasteiger partial charge is 0.338 e. The van der Waals surface area contributed by atoms with E-state index in [0.29, 0.717) is 13.1 Å². The van der Waals surface area contributed by atoms with Crippen LogP contribution in [-0.2, 0) is 27.8 Å². The molecular weight excluding hydrogens is 360 g/mol. The van der Waals surface area contributed by atoms with Gasteiger partial charge in [-0.25, -0.2) is 8.42 Å². The van der Waals surface area contributed by atoms with Crippen molar-refractivity contribution < 1.29 is 13.2 Å². The Morgan fingerprint density at radius 3 is 2.37 bits per heavy atom. The zero-order valence-corrected chi connectivity index (χ0v) is 16.7. The highest BCUT2D eigenvalue weighted by Gasteiger charge is 2.27. The molecule has 2 aromatic carbocycles. The molecule has 0 spiro atoms. The minimum absolute atomic E-state index is 0.00147. The molecule has 0 aromatic heterocycles. The molecule has 0 aliphatic carbocycles. The molecule has 5 nitrogen and oxygen atoms in total. The van der Waals surface area contributed by atoms with E-state index in [1.165, 1.54) is 21.7 Å². The van der Waals surface area contributed by atoms with E-state index in [4.69, 9.17) is 0 Å². The van der Waals surface area contributed by atoms with Crippen LogP contribution in [0.15, 0.2) is 54.6 Å². The number of carbonyl (C=O) groups is 1. The first-order valence-electron chi connectivity index (χ1n) is 9.22. The number of rotatable bonds is 6. The maximum atomic E-state index is 12.7. The summed E-state index contributed by atoms with van der Waals surface area (Å²) in [4.78, 5) is 14.5. The van der Waals surface area contributed by atoms with Gasteiger partial charge >= 0.3 is 0 Å². The minimum Gasteiger partial charge on any atom is -0.338 e. The van der Waals surface area contributed by atoms with Crippen molar-refractivity contribution in [2.24, 2.45) is 0 Å². The molecule has 2 aromatic rings. The van der Waals surface area contributed by atoms with Crippen LogP contribution in [0, 0.1) is 0 Å². The van der Waals surface area contributed by atoms with E-state index in [2.05, 4.69) is 12.1 Å². The molecule has 144 valence electrons. The predicted octanol–water partition coefficient (Wildman–Crippen LogP) is 2.98. The van der Waals surface area contributed by atoms with E-state index in [1.807, 2.05) is 54.3 Å². The van der Waals surface area contributed by atoms with Crippen LogP contribution >= 0.6 is 0 Å². The van der Waals surface area contributed by atoms with Crippen LogP contribution in [0.25, 0.3) is 0 Å². The first-order valence-corrected chi connectivity index (χ1v) is 11.1. The SMILES string of the molecule is CC(c1ccccc1)N(CCC(=O)N1CCc2ccccc2C1)S(C)(=O)=O. The molecule has 0 saturated carbocycles. The number of sulfonamides is 1. The fourth-order valence-electron chi connectivity index (χ4n) is 3.62. The van der Waals surface area contributed by atoms with Gasteiger partial charge in [0.2, 0.25) is 15.9 Å². The van der Waals surface area contributed by atoms with Crippen LogP contribution < -0.4 is 0 Å². The molecule has 6 heteroatoms. The maximum Gasteiger partial charge on any atom is 0.224 e. The van der Waals surface area contributed by atoms with Crippen LogP contribution in [0.2, 0.25) is 0 Å². The van der Waals surface area contributed by atoms with Gasteiger partial charge in [0.25, 0.3) is 0 Å². The number of amides is 1. The van der Waals surface area contributed by atoms with Gasteiger partial charge in [-0.05, 0) is 30.0 Å². The van der Waals surface area contributed by atoms with Crippen LogP contribution in [0.4, 0.5) is 0 Å². The van der Waals surface area contributed by atoms with Crippen LogP contribution in [-0.4, -0.2) is 42.9 Å². The van der Waals surface area contributed by atoms with Gasteiger partial charge < -0.3 is 4.90 Å². The maximum absolute atomic E-state index is 12.7. The molecule has 1 heterocycles. The lowest BCUT2D eigenvalue weighted by Gasteiger charge is -2.31. The summed E-state index contributed by atoms with van der Waals surface area (Å²) in [5, 5.41) is 0. The van der Waals surface area contributed by atoms with Crippen molar-refractivity contribution in [1.29, 1.82) is 0 Å². The molecule has 3 rings (SSSR count). The summed E-state index contributed by atoms with van der Waals surface area (Å²) in [5.41, 5.74) is 3.38. The molecule has 1 aliphatic heterocycles. The summed E-state index contributed by atoms with van der Waals surface area (Å²) < 4.78 is 26.0. The van der Waals surface area contributed by atoms with Crippen molar-refractivity contribution in [2.45, 2.75) is 32.4 Å². The second-order valence-electron chi connectivity index (χ2n) is 7.04. The monoisotopic (exact) mass is 386 g/mol. The molecular formula is C21H26N2O3S. The fourth-order valence-corrected chi connectivity index (χ4v) is 4.74. The molecule has 1 unspecified atom stereocenters. The van der Waals surface area contributed by atoms with Crippen LogP contribution in [0.5, 0.6) is 0 Å². The number of nitrogens with zero attached hydrogens (tertiary/aromatic N) is 2. The van der Waals surface area contributed by atoms with Crippen molar-refractivity contribution in [3.8, 4) is 0 Å². The third-order valence-corrected chi connectivity index (χ3v) is 6.52. The van der Waals surface area contributed by atoms with Gasteiger partial charge in [0.1, 0.15) is 0 Å². The third kappa shape index (κ3) is 4.76. The summed E-state index contributed by atoms with van der Waals surface area (Å²) >= 11 is 0. The molecule has 0 fully saturated rings. The Bertz CT molecular complexity index is 897. The normalized spacial score (nSPS) is 15.4. The quantitative estimate of drug-likeness (QED) is 0.767. The Morgan fingerprint density at radius 2 is 1.70 bits per heavy atom. The van der Waals surface area contributed by atoms with Gasteiger partial charge in [0.15, 0.2) is 0 Å². The number of carbonyl (C=O) groups excluding carboxylic acids is 1. The standard InChI is InChI=1S/C21H26N2O3S/c1-17(18-8-4-3-5-9-18)23(27(2,25)26)15-13-21(24)22-14-12-19-10-6-7-11-20(19)16-22/h3-11,17H,12-16H2,1-2H3. The topological polar surface area (TPSA) is 57.7 Å². The smallest absolute Gasteiger partial charge is 0.224 e. The first kappa shape index (κ1) is 19.6. The highest BCUT2D eigenvalue weighted by molar-refractivity contribution is 7.88. The molecule has 0 radical (unpaired) electrons. The number of benzene rings is 2. The average molecular weight is 387 g/mol. The highest BCUT2D eigenvalue weighted by atomic mass is 32.2. The predicted molar refractivity (Wildman–Crippen MR) is 107 cm³/mol. The Hall–Kier alpha value is -2.18. The van der Waals surface area contributed by atoms with Crippen molar-refractivity contribution >= 4 is 15.9 Å². The van der Waals surface area contributed by atoms with Gasteiger partial charge in [0, 0.05) is 32.1 Å². The van der Waals surface area contributed by atoms with Gasteiger partial charge in [-0.2, -0.15) is 4.31 Å². The van der Waals surface area contributed by atoms with E-state index < -0.39 is 10.0 Å². The number of hydrogen-bond donors (Lipinski definition) is 0. The Kier molecular flexibility index (Phi) is 5.97. The van der Waals surface area contributed by atoms with Crippen LogP contribution in [0.1, 0.15) is 36.1 Å². The lowest BCUT2D eigenvalue weighted by Crippen LogP contribution is -2.40. The van der Waals surface area contributed by atoms with Gasteiger partial charge in [0.05, 0.1) is 6.26 Å². The molecule has 0 saturated heterocycles. The number of fused-ring (bicyclic) bond motifs is 1. The summed E-state index contributed by atoms with van der Waals surface area (Å²) in [6, 6.07) is 17.4. The van der Waals surface area contributed by atoms with Gasteiger partial charge in [-0.1, -0.05) is 54.6 Å². The van der Waals surface area contributed by atoms with E-state index in [1.54, 1.807) is 0 Å². The van der Waals surface area contributed by atoms with E-state index in [-0.39, 0.29) is 24.9 Å². The van der Waals surface area contributed by atoms with Gasteiger partial charge in [-0.3, -0.25) is 4.79 Å². The first-order chi connectivity index (χ1) is 12.9. The van der Waals surface area contributed by atoms with E-state index >= 15 is 0 Å². The van der Waals surface area contributed by atoms with E-state index in [9.17, 15) is 13.2 Å². The highest BCUT2D eigenvalue weighted by Crippen LogP contribution is 2.24. The number of hydrogen-bond acceptors (Lipinski definition) is 3. The minimum atomic E-state index is -3.42. The van der Waals surface area contributed by atoms with Crippen molar-refractivity contribution in [1.82, 2.24) is 9.21 Å². The average Bonchev–Trinajstić information content (AvgIpc) is 2.67. The van der Waals surface area contributed by atoms with Gasteiger partial charge in [-0.15, -0.1) is 0 Å². The molecule has 0 N–H and O–H groups in total. The summed E-state index contributed by atoms with van der Waals surface area (Å²) in [6.07, 6.45) is 2.23. The Balaban J connectivity index is 1.66. The molecule has 1 atom stereocenters. The Labute approximate surface area is 161 Å². The van der Waals surface area contributed by atoms with Crippen LogP contribution in [0.3, 0.4) is 0 Å². The van der Waals surface area contributed by atoms with E-state index in [0.717, 1.165) is 12.0 Å². The summed E-state index contributed by atoms with van der Waals surface area (Å²) in [7, 11) is -3.42. The molecule has 1 amide bonds. The zero-order valence-electron chi connectivity index (χ0n) is 15.8. The molecule has 27 heavy (non-hydrogen) atoms. The summed E-state index contributed by atoms with van der Waals surface area (Å²) in [5.74, 6) is -0.00147. The molecule has 0 bridgehead atoms. The third-order valence-electron chi connectivity index (χ3n) is 5.17.